The third-order valence-corrected chi connectivity index (χ3v) is 6.24. The molecule has 24 heavy (non-hydrogen) atoms. The minimum atomic E-state index is -0.143. The van der Waals surface area contributed by atoms with E-state index in [1.807, 2.05) is 23.7 Å². The molecule has 2 nitrogen and oxygen atoms in total. The lowest BCUT2D eigenvalue weighted by Crippen LogP contribution is -2.18. The van der Waals surface area contributed by atoms with Crippen LogP contribution in [0.5, 0.6) is 5.75 Å². The topological polar surface area (TPSA) is 33.1 Å². The maximum Gasteiger partial charge on any atom is 0.123 e. The number of aromatic nitrogens is 1. The number of phenolic OH excluding ortho intramolecular Hbond substituents is 1. The van der Waals surface area contributed by atoms with Crippen molar-refractivity contribution < 1.29 is 5.11 Å². The molecule has 2 aromatic rings. The van der Waals surface area contributed by atoms with Gasteiger partial charge < -0.3 is 5.11 Å². The molecule has 0 radical (unpaired) electrons. The molecule has 0 spiro atoms. The molecule has 130 valence electrons. The first-order chi connectivity index (χ1) is 11.0. The summed E-state index contributed by atoms with van der Waals surface area (Å²) >= 11 is 8.94. The van der Waals surface area contributed by atoms with Gasteiger partial charge in [-0.2, -0.15) is 0 Å². The molecule has 1 N–H and O–H groups in total. The molecular formula is C19H25NOS3. The van der Waals surface area contributed by atoms with E-state index in [2.05, 4.69) is 46.5 Å². The molecule has 0 atom stereocenters. The molecule has 5 heteroatoms. The van der Waals surface area contributed by atoms with Gasteiger partial charge in [0.15, 0.2) is 0 Å². The van der Waals surface area contributed by atoms with Crippen molar-refractivity contribution in [1.82, 2.24) is 4.98 Å². The van der Waals surface area contributed by atoms with Crippen molar-refractivity contribution in [3.8, 4) is 5.75 Å². The van der Waals surface area contributed by atoms with E-state index in [1.165, 1.54) is 0 Å². The van der Waals surface area contributed by atoms with Gasteiger partial charge in [0.1, 0.15) is 10.8 Å². The summed E-state index contributed by atoms with van der Waals surface area (Å²) in [6.07, 6.45) is 1.82. The van der Waals surface area contributed by atoms with Gasteiger partial charge in [0.25, 0.3) is 0 Å². The number of rotatable bonds is 3. The molecular weight excluding hydrogens is 354 g/mol. The Morgan fingerprint density at radius 3 is 2.08 bits per heavy atom. The average Bonchev–Trinajstić information content (AvgIpc) is 2.95. The summed E-state index contributed by atoms with van der Waals surface area (Å²) in [5, 5.41) is 13.8. The van der Waals surface area contributed by atoms with Crippen molar-refractivity contribution in [2.75, 3.05) is 0 Å². The first-order valence-electron chi connectivity index (χ1n) is 7.93. The molecule has 1 aromatic carbocycles. The standard InChI is InChI=1S/C19H25NOS3/c1-18(2,3)13-9-12(10-14(16(13)21)19(4,5)6)17(22)24-11-15-20-7-8-23-15/h7-10,21H,11H2,1-6H3. The second kappa shape index (κ2) is 7.14. The number of thiazole rings is 1. The quantitative estimate of drug-likeness (QED) is 0.658. The van der Waals surface area contributed by atoms with Gasteiger partial charge in [0.05, 0.1) is 9.95 Å². The summed E-state index contributed by atoms with van der Waals surface area (Å²) in [5.74, 6) is 1.18. The van der Waals surface area contributed by atoms with E-state index in [0.717, 1.165) is 31.6 Å². The Hall–Kier alpha value is -0.910. The summed E-state index contributed by atoms with van der Waals surface area (Å²) in [7, 11) is 0. The van der Waals surface area contributed by atoms with Crippen LogP contribution in [0.1, 0.15) is 63.2 Å². The molecule has 0 aliphatic rings. The van der Waals surface area contributed by atoms with Crippen LogP contribution in [0.2, 0.25) is 0 Å². The fraction of sp³-hybridized carbons (Fsp3) is 0.474. The first kappa shape index (κ1) is 19.4. The molecule has 0 fully saturated rings. The number of hydrogen-bond acceptors (Lipinski definition) is 5. The Balaban J connectivity index is 2.40. The number of hydrogen-bond donors (Lipinski definition) is 1. The highest BCUT2D eigenvalue weighted by atomic mass is 32.2. The lowest BCUT2D eigenvalue weighted by atomic mass is 9.78. The zero-order valence-corrected chi connectivity index (χ0v) is 17.6. The Morgan fingerprint density at radius 1 is 1.12 bits per heavy atom. The zero-order valence-electron chi connectivity index (χ0n) is 15.1. The summed E-state index contributed by atoms with van der Waals surface area (Å²) in [6, 6.07) is 4.09. The summed E-state index contributed by atoms with van der Waals surface area (Å²) in [4.78, 5) is 4.31. The van der Waals surface area contributed by atoms with Crippen LogP contribution in [0.25, 0.3) is 0 Å². The molecule has 0 aliphatic carbocycles. The van der Waals surface area contributed by atoms with Crippen molar-refractivity contribution in [2.24, 2.45) is 0 Å². The molecule has 1 heterocycles. The second-order valence-corrected chi connectivity index (χ2v) is 10.6. The number of benzene rings is 1. The van der Waals surface area contributed by atoms with Crippen molar-refractivity contribution in [1.29, 1.82) is 0 Å². The summed E-state index contributed by atoms with van der Waals surface area (Å²) < 4.78 is 0.848. The minimum Gasteiger partial charge on any atom is -0.507 e. The van der Waals surface area contributed by atoms with E-state index < -0.39 is 0 Å². The van der Waals surface area contributed by atoms with Gasteiger partial charge in [-0.1, -0.05) is 53.8 Å². The monoisotopic (exact) mass is 379 g/mol. The van der Waals surface area contributed by atoms with Crippen molar-refractivity contribution >= 4 is 39.5 Å². The molecule has 1 aromatic heterocycles. The van der Waals surface area contributed by atoms with Crippen LogP contribution >= 0.6 is 35.3 Å². The van der Waals surface area contributed by atoms with Gasteiger partial charge >= 0.3 is 0 Å². The first-order valence-corrected chi connectivity index (χ1v) is 10.2. The van der Waals surface area contributed by atoms with Crippen LogP contribution in [0.15, 0.2) is 23.7 Å². The third kappa shape index (κ3) is 4.58. The van der Waals surface area contributed by atoms with Crippen molar-refractivity contribution in [3.05, 3.63) is 45.4 Å². The second-order valence-electron chi connectivity index (χ2n) is 7.92. The Labute approximate surface area is 158 Å². The SMILES string of the molecule is CC(C)(C)c1cc(C(=S)SCc2nccs2)cc(C(C)(C)C)c1O. The van der Waals surface area contributed by atoms with Crippen LogP contribution in [0.4, 0.5) is 0 Å². The van der Waals surface area contributed by atoms with E-state index in [1.54, 1.807) is 23.1 Å². The number of aromatic hydroxyl groups is 1. The molecule has 0 unspecified atom stereocenters. The molecule has 0 amide bonds. The number of thioether (sulfide) groups is 1. The Bertz CT molecular complexity index is 687. The maximum atomic E-state index is 10.8. The highest BCUT2D eigenvalue weighted by Gasteiger charge is 2.27. The average molecular weight is 380 g/mol. The zero-order chi connectivity index (χ0) is 18.1. The smallest absolute Gasteiger partial charge is 0.123 e. The van der Waals surface area contributed by atoms with Crippen LogP contribution in [-0.2, 0) is 16.6 Å². The van der Waals surface area contributed by atoms with Gasteiger partial charge in [0.2, 0.25) is 0 Å². The van der Waals surface area contributed by atoms with E-state index in [0.29, 0.717) is 5.75 Å². The molecule has 0 saturated heterocycles. The third-order valence-electron chi connectivity index (χ3n) is 3.77. The van der Waals surface area contributed by atoms with Crippen LogP contribution < -0.4 is 0 Å². The van der Waals surface area contributed by atoms with E-state index >= 15 is 0 Å². The highest BCUT2D eigenvalue weighted by Crippen LogP contribution is 2.40. The predicted octanol–water partition coefficient (Wildman–Crippen LogP) is 6.05. The lowest BCUT2D eigenvalue weighted by molar-refractivity contribution is 0.423. The maximum absolute atomic E-state index is 10.8. The summed E-state index contributed by atoms with van der Waals surface area (Å²) in [5.41, 5.74) is 2.62. The Kier molecular flexibility index (Phi) is 5.78. The molecule has 2 rings (SSSR count). The van der Waals surface area contributed by atoms with Gasteiger partial charge in [-0.05, 0) is 28.5 Å². The van der Waals surface area contributed by atoms with Gasteiger partial charge in [-0.25, -0.2) is 4.98 Å². The van der Waals surface area contributed by atoms with Crippen molar-refractivity contribution in [3.63, 3.8) is 0 Å². The van der Waals surface area contributed by atoms with Crippen molar-refractivity contribution in [2.45, 2.75) is 58.1 Å². The van der Waals surface area contributed by atoms with E-state index in [4.69, 9.17) is 12.2 Å². The lowest BCUT2D eigenvalue weighted by Gasteiger charge is -2.28. The minimum absolute atomic E-state index is 0.143. The molecule has 0 bridgehead atoms. The highest BCUT2D eigenvalue weighted by molar-refractivity contribution is 8.23. The van der Waals surface area contributed by atoms with Crippen LogP contribution in [0, 0.1) is 0 Å². The number of nitrogens with zero attached hydrogens (tertiary/aromatic N) is 1. The fourth-order valence-electron chi connectivity index (χ4n) is 2.43. The van der Waals surface area contributed by atoms with Gasteiger partial charge in [-0.3, -0.25) is 0 Å². The largest absolute Gasteiger partial charge is 0.507 e. The number of phenols is 1. The number of thiocarbonyl (C=S) groups is 1. The normalized spacial score (nSPS) is 12.4. The predicted molar refractivity (Wildman–Crippen MR) is 111 cm³/mol. The molecule has 0 saturated carbocycles. The Morgan fingerprint density at radius 2 is 1.67 bits per heavy atom. The van der Waals surface area contributed by atoms with Gasteiger partial charge in [-0.15, -0.1) is 23.1 Å². The van der Waals surface area contributed by atoms with E-state index in [9.17, 15) is 5.11 Å². The fourth-order valence-corrected chi connectivity index (χ4v) is 4.19. The van der Waals surface area contributed by atoms with E-state index in [-0.39, 0.29) is 10.8 Å². The summed E-state index contributed by atoms with van der Waals surface area (Å²) in [6.45, 7) is 12.7. The van der Waals surface area contributed by atoms with Crippen LogP contribution in [-0.4, -0.2) is 14.3 Å². The molecule has 0 aliphatic heterocycles. The van der Waals surface area contributed by atoms with Crippen LogP contribution in [0.3, 0.4) is 0 Å². The van der Waals surface area contributed by atoms with Gasteiger partial charge in [0, 0.05) is 22.7 Å².